The number of rotatable bonds is 1. The minimum atomic E-state index is -0.168. The molecule has 1 aromatic rings. The first kappa shape index (κ1) is 10.3. The van der Waals surface area contributed by atoms with Gasteiger partial charge in [-0.25, -0.2) is 0 Å². The minimum absolute atomic E-state index is 0.143. The van der Waals surface area contributed by atoms with Crippen LogP contribution in [0.15, 0.2) is 24.3 Å². The highest BCUT2D eigenvalue weighted by Crippen LogP contribution is 2.47. The molecule has 3 rings (SSSR count). The molecule has 3 N–H and O–H groups in total. The molecule has 0 heterocycles. The van der Waals surface area contributed by atoms with Crippen LogP contribution in [-0.4, -0.2) is 16.7 Å². The molecule has 0 amide bonds. The zero-order valence-electron chi connectivity index (χ0n) is 9.52. The van der Waals surface area contributed by atoms with Crippen LogP contribution >= 0.6 is 0 Å². The molecule has 0 aliphatic heterocycles. The van der Waals surface area contributed by atoms with Gasteiger partial charge in [-0.05, 0) is 43.2 Å². The van der Waals surface area contributed by atoms with E-state index in [9.17, 15) is 5.11 Å². The Morgan fingerprint density at radius 3 is 2.75 bits per heavy atom. The Hall–Kier alpha value is -0.860. The standard InChI is InChI=1S/C14H19NO/c15-14(8-11(16)9-14)13-7-3-5-10-4-1-2-6-12(10)13/h1-2,4,6,11,13,16H,3,5,7-9,15H2. The number of fused-ring (bicyclic) bond motifs is 1. The van der Waals surface area contributed by atoms with Gasteiger partial charge in [0, 0.05) is 11.5 Å². The molecular formula is C14H19NO. The predicted octanol–water partition coefficient (Wildman–Crippen LogP) is 1.96. The second kappa shape index (κ2) is 3.57. The van der Waals surface area contributed by atoms with E-state index in [0.29, 0.717) is 5.92 Å². The SMILES string of the molecule is NC1(C2CCCc3ccccc32)CC(O)C1. The fourth-order valence-electron chi connectivity index (χ4n) is 3.45. The van der Waals surface area contributed by atoms with Crippen molar-refractivity contribution in [3.63, 3.8) is 0 Å². The molecule has 16 heavy (non-hydrogen) atoms. The quantitative estimate of drug-likeness (QED) is 0.755. The van der Waals surface area contributed by atoms with E-state index in [1.165, 1.54) is 30.4 Å². The Bertz CT molecular complexity index is 395. The molecule has 1 saturated carbocycles. The smallest absolute Gasteiger partial charge is 0.0575 e. The van der Waals surface area contributed by atoms with Crippen LogP contribution in [0, 0.1) is 0 Å². The summed E-state index contributed by atoms with van der Waals surface area (Å²) >= 11 is 0. The van der Waals surface area contributed by atoms with Crippen LogP contribution in [0.4, 0.5) is 0 Å². The number of benzene rings is 1. The summed E-state index contributed by atoms with van der Waals surface area (Å²) in [5, 5.41) is 9.48. The maximum atomic E-state index is 9.48. The maximum absolute atomic E-state index is 9.48. The molecule has 2 heteroatoms. The van der Waals surface area contributed by atoms with Crippen LogP contribution in [0.25, 0.3) is 0 Å². The van der Waals surface area contributed by atoms with E-state index in [1.54, 1.807) is 0 Å². The average molecular weight is 217 g/mol. The highest BCUT2D eigenvalue weighted by Gasteiger charge is 2.47. The molecule has 0 spiro atoms. The van der Waals surface area contributed by atoms with Crippen LogP contribution < -0.4 is 5.73 Å². The molecule has 1 unspecified atom stereocenters. The molecule has 0 bridgehead atoms. The molecule has 2 aliphatic carbocycles. The number of aryl methyl sites for hydroxylation is 1. The Morgan fingerprint density at radius 1 is 1.25 bits per heavy atom. The van der Waals surface area contributed by atoms with Gasteiger partial charge in [0.15, 0.2) is 0 Å². The van der Waals surface area contributed by atoms with Gasteiger partial charge in [-0.3, -0.25) is 0 Å². The lowest BCUT2D eigenvalue weighted by Crippen LogP contribution is -2.58. The first-order valence-electron chi connectivity index (χ1n) is 6.24. The first-order chi connectivity index (χ1) is 7.69. The third-order valence-electron chi connectivity index (χ3n) is 4.29. The van der Waals surface area contributed by atoms with Crippen LogP contribution in [-0.2, 0) is 6.42 Å². The summed E-state index contributed by atoms with van der Waals surface area (Å²) < 4.78 is 0. The van der Waals surface area contributed by atoms with Crippen LogP contribution in [0.1, 0.15) is 42.7 Å². The number of aliphatic hydroxyl groups excluding tert-OH is 1. The first-order valence-corrected chi connectivity index (χ1v) is 6.24. The fourth-order valence-corrected chi connectivity index (χ4v) is 3.45. The van der Waals surface area contributed by atoms with Gasteiger partial charge in [0.1, 0.15) is 0 Å². The number of hydrogen-bond acceptors (Lipinski definition) is 2. The predicted molar refractivity (Wildman–Crippen MR) is 64.3 cm³/mol. The molecule has 2 nitrogen and oxygen atoms in total. The minimum Gasteiger partial charge on any atom is -0.393 e. The van der Waals surface area contributed by atoms with Crippen molar-refractivity contribution in [3.8, 4) is 0 Å². The zero-order chi connectivity index (χ0) is 11.2. The maximum Gasteiger partial charge on any atom is 0.0575 e. The van der Waals surface area contributed by atoms with Crippen molar-refractivity contribution in [1.82, 2.24) is 0 Å². The second-order valence-corrected chi connectivity index (χ2v) is 5.44. The summed E-state index contributed by atoms with van der Waals surface area (Å²) in [6.45, 7) is 0. The Labute approximate surface area is 96.5 Å². The van der Waals surface area contributed by atoms with Crippen molar-refractivity contribution in [2.75, 3.05) is 0 Å². The van der Waals surface area contributed by atoms with Gasteiger partial charge in [0.2, 0.25) is 0 Å². The van der Waals surface area contributed by atoms with Crippen molar-refractivity contribution in [1.29, 1.82) is 0 Å². The van der Waals surface area contributed by atoms with Crippen LogP contribution in [0.5, 0.6) is 0 Å². The van der Waals surface area contributed by atoms with E-state index in [-0.39, 0.29) is 11.6 Å². The van der Waals surface area contributed by atoms with Gasteiger partial charge in [0.25, 0.3) is 0 Å². The number of aliphatic hydroxyl groups is 1. The normalized spacial score (nSPS) is 37.6. The molecule has 1 atom stereocenters. The Kier molecular flexibility index (Phi) is 2.30. The lowest BCUT2D eigenvalue weighted by molar-refractivity contribution is 0.00566. The summed E-state index contributed by atoms with van der Waals surface area (Å²) in [6.07, 6.45) is 4.97. The van der Waals surface area contributed by atoms with Gasteiger partial charge in [-0.1, -0.05) is 24.3 Å². The molecule has 0 radical (unpaired) electrons. The van der Waals surface area contributed by atoms with E-state index >= 15 is 0 Å². The van der Waals surface area contributed by atoms with E-state index in [1.807, 2.05) is 0 Å². The molecular weight excluding hydrogens is 198 g/mol. The highest BCUT2D eigenvalue weighted by atomic mass is 16.3. The van der Waals surface area contributed by atoms with Gasteiger partial charge in [0.05, 0.1) is 6.10 Å². The van der Waals surface area contributed by atoms with Crippen molar-refractivity contribution < 1.29 is 5.11 Å². The summed E-state index contributed by atoms with van der Waals surface area (Å²) in [4.78, 5) is 0. The number of nitrogens with two attached hydrogens (primary N) is 1. The molecule has 0 aromatic heterocycles. The Balaban J connectivity index is 1.93. The molecule has 2 aliphatic rings. The summed E-state index contributed by atoms with van der Waals surface area (Å²) in [5.74, 6) is 0.459. The van der Waals surface area contributed by atoms with Gasteiger partial charge < -0.3 is 10.8 Å². The number of hydrogen-bond donors (Lipinski definition) is 2. The van der Waals surface area contributed by atoms with E-state index < -0.39 is 0 Å². The van der Waals surface area contributed by atoms with E-state index in [4.69, 9.17) is 5.73 Å². The molecule has 86 valence electrons. The van der Waals surface area contributed by atoms with E-state index in [2.05, 4.69) is 24.3 Å². The zero-order valence-corrected chi connectivity index (χ0v) is 9.52. The lowest BCUT2D eigenvalue weighted by Gasteiger charge is -2.49. The van der Waals surface area contributed by atoms with Gasteiger partial charge in [-0.2, -0.15) is 0 Å². The molecule has 1 aromatic carbocycles. The lowest BCUT2D eigenvalue weighted by atomic mass is 9.61. The molecule has 0 saturated heterocycles. The second-order valence-electron chi connectivity index (χ2n) is 5.44. The van der Waals surface area contributed by atoms with Crippen molar-refractivity contribution in [2.45, 2.75) is 49.7 Å². The van der Waals surface area contributed by atoms with Crippen molar-refractivity contribution in [2.24, 2.45) is 5.73 Å². The van der Waals surface area contributed by atoms with Crippen LogP contribution in [0.2, 0.25) is 0 Å². The van der Waals surface area contributed by atoms with Gasteiger partial charge in [-0.15, -0.1) is 0 Å². The third-order valence-corrected chi connectivity index (χ3v) is 4.29. The fraction of sp³-hybridized carbons (Fsp3) is 0.571. The highest BCUT2D eigenvalue weighted by molar-refractivity contribution is 5.36. The largest absolute Gasteiger partial charge is 0.393 e. The monoisotopic (exact) mass is 217 g/mol. The summed E-state index contributed by atoms with van der Waals surface area (Å²) in [5.41, 5.74) is 9.18. The van der Waals surface area contributed by atoms with Gasteiger partial charge >= 0.3 is 0 Å². The topological polar surface area (TPSA) is 46.2 Å². The Morgan fingerprint density at radius 2 is 2.00 bits per heavy atom. The summed E-state index contributed by atoms with van der Waals surface area (Å²) in [7, 11) is 0. The average Bonchev–Trinajstić information content (AvgIpc) is 2.26. The third kappa shape index (κ3) is 1.48. The summed E-state index contributed by atoms with van der Waals surface area (Å²) in [6, 6.07) is 8.66. The molecule has 1 fully saturated rings. The van der Waals surface area contributed by atoms with Crippen molar-refractivity contribution in [3.05, 3.63) is 35.4 Å². The van der Waals surface area contributed by atoms with Crippen molar-refractivity contribution >= 4 is 0 Å². The van der Waals surface area contributed by atoms with E-state index in [0.717, 1.165) is 12.8 Å². The van der Waals surface area contributed by atoms with Crippen LogP contribution in [0.3, 0.4) is 0 Å².